The van der Waals surface area contributed by atoms with Gasteiger partial charge in [-0.05, 0) is 36.4 Å². The number of carbonyl (C=O) groups excluding carboxylic acids is 2. The molecule has 29 heavy (non-hydrogen) atoms. The van der Waals surface area contributed by atoms with Crippen molar-refractivity contribution in [3.8, 4) is 0 Å². The molecule has 0 aromatic heterocycles. The predicted molar refractivity (Wildman–Crippen MR) is 109 cm³/mol. The number of hydrogen-bond donors (Lipinski definition) is 1. The van der Waals surface area contributed by atoms with Gasteiger partial charge in [-0.2, -0.15) is 8.42 Å². The second kappa shape index (κ2) is 8.38. The minimum Gasteiger partial charge on any atom is -0.354 e. The molecule has 1 aliphatic heterocycles. The molecule has 1 amide bonds. The van der Waals surface area contributed by atoms with E-state index in [1.165, 1.54) is 19.2 Å². The number of Topliss-reactive ketones (excluding diaryl/α,β-unsaturated/α-hetero) is 1. The number of amides is 1. The quantitative estimate of drug-likeness (QED) is 0.672. The van der Waals surface area contributed by atoms with Crippen molar-refractivity contribution in [3.05, 3.63) is 58.9 Å². The molecule has 0 saturated heterocycles. The van der Waals surface area contributed by atoms with Gasteiger partial charge in [0.15, 0.2) is 5.78 Å². The number of hydrogen-bond acceptors (Lipinski definition) is 4. The van der Waals surface area contributed by atoms with Crippen LogP contribution < -0.4 is 13.9 Å². The lowest BCUT2D eigenvalue weighted by molar-refractivity contribution is -0.121. The van der Waals surface area contributed by atoms with Crippen molar-refractivity contribution >= 4 is 44.9 Å². The summed E-state index contributed by atoms with van der Waals surface area (Å²) >= 11 is 5.78. The maximum atomic E-state index is 13.6. The van der Waals surface area contributed by atoms with Gasteiger partial charge in [0, 0.05) is 43.1 Å². The Morgan fingerprint density at radius 2 is 1.76 bits per heavy atom. The van der Waals surface area contributed by atoms with E-state index in [-0.39, 0.29) is 43.3 Å². The van der Waals surface area contributed by atoms with Crippen LogP contribution in [0, 0.1) is 5.82 Å². The summed E-state index contributed by atoms with van der Waals surface area (Å²) in [6.07, 6.45) is -0.00834. The van der Waals surface area contributed by atoms with Crippen LogP contribution in [-0.2, 0) is 15.0 Å². The van der Waals surface area contributed by atoms with Crippen LogP contribution in [-0.4, -0.2) is 40.2 Å². The highest BCUT2D eigenvalue weighted by atomic mass is 35.5. The van der Waals surface area contributed by atoms with E-state index in [9.17, 15) is 22.4 Å². The van der Waals surface area contributed by atoms with Gasteiger partial charge < -0.3 is 5.32 Å². The van der Waals surface area contributed by atoms with Crippen LogP contribution in [0.5, 0.6) is 0 Å². The Kier molecular flexibility index (Phi) is 6.09. The summed E-state index contributed by atoms with van der Waals surface area (Å²) in [6.45, 7) is -0.0308. The maximum Gasteiger partial charge on any atom is 0.326 e. The first-order valence-corrected chi connectivity index (χ1v) is 10.6. The third kappa shape index (κ3) is 4.51. The highest BCUT2D eigenvalue weighted by Crippen LogP contribution is 2.39. The SMILES string of the molecule is CN1c2ccc(F)cc2N(CCNC(=O)CCC(=O)c2ccc(Cl)cc2)S1(=O)=O. The predicted octanol–water partition coefficient (Wildman–Crippen LogP) is 2.76. The number of halogens is 2. The summed E-state index contributed by atoms with van der Waals surface area (Å²) < 4.78 is 40.7. The second-order valence-electron chi connectivity index (χ2n) is 6.46. The van der Waals surface area contributed by atoms with E-state index in [2.05, 4.69) is 5.32 Å². The van der Waals surface area contributed by atoms with Gasteiger partial charge in [-0.3, -0.25) is 13.9 Å². The van der Waals surface area contributed by atoms with Gasteiger partial charge in [0.25, 0.3) is 0 Å². The molecule has 0 unspecified atom stereocenters. The monoisotopic (exact) mass is 439 g/mol. The van der Waals surface area contributed by atoms with Crippen LogP contribution in [0.25, 0.3) is 0 Å². The second-order valence-corrected chi connectivity index (χ2v) is 8.78. The number of ketones is 1. The molecule has 7 nitrogen and oxygen atoms in total. The molecule has 0 saturated carbocycles. The summed E-state index contributed by atoms with van der Waals surface area (Å²) in [4.78, 5) is 24.1. The Balaban J connectivity index is 1.53. The normalized spacial score (nSPS) is 14.6. The zero-order valence-electron chi connectivity index (χ0n) is 15.6. The van der Waals surface area contributed by atoms with E-state index in [0.29, 0.717) is 16.3 Å². The van der Waals surface area contributed by atoms with Gasteiger partial charge in [0.05, 0.1) is 17.9 Å². The van der Waals surface area contributed by atoms with Crippen molar-refractivity contribution < 1.29 is 22.4 Å². The molecule has 0 aliphatic carbocycles. The van der Waals surface area contributed by atoms with E-state index in [4.69, 9.17) is 11.6 Å². The third-order valence-electron chi connectivity index (χ3n) is 4.55. The fourth-order valence-electron chi connectivity index (χ4n) is 2.99. The molecule has 3 rings (SSSR count). The summed E-state index contributed by atoms with van der Waals surface area (Å²) in [7, 11) is -2.44. The average molecular weight is 440 g/mol. The van der Waals surface area contributed by atoms with Crippen molar-refractivity contribution in [2.45, 2.75) is 12.8 Å². The Bertz CT molecular complexity index is 1040. The number of nitrogens with zero attached hydrogens (tertiary/aromatic N) is 2. The third-order valence-corrected chi connectivity index (χ3v) is 6.63. The van der Waals surface area contributed by atoms with E-state index < -0.39 is 16.0 Å². The Hall–Kier alpha value is -2.65. The molecule has 1 heterocycles. The molecule has 0 bridgehead atoms. The molecule has 1 N–H and O–H groups in total. The standard InChI is InChI=1S/C19H19ClFN3O4S/c1-23-16-7-6-15(21)12-17(16)24(29(23,27)28)11-10-22-19(26)9-8-18(25)13-2-4-14(20)5-3-13/h2-7,12H,8-11H2,1H3,(H,22,26). The van der Waals surface area contributed by atoms with E-state index >= 15 is 0 Å². The fourth-order valence-corrected chi connectivity index (χ4v) is 4.53. The van der Waals surface area contributed by atoms with Crippen molar-refractivity contribution in [1.82, 2.24) is 5.32 Å². The fraction of sp³-hybridized carbons (Fsp3) is 0.263. The largest absolute Gasteiger partial charge is 0.354 e. The van der Waals surface area contributed by atoms with Crippen molar-refractivity contribution in [1.29, 1.82) is 0 Å². The number of rotatable bonds is 7. The Morgan fingerprint density at radius 1 is 1.07 bits per heavy atom. The summed E-state index contributed by atoms with van der Waals surface area (Å²) in [6, 6.07) is 10.1. The zero-order valence-corrected chi connectivity index (χ0v) is 17.1. The first kappa shape index (κ1) is 21.1. The molecule has 10 heteroatoms. The van der Waals surface area contributed by atoms with Crippen LogP contribution in [0.3, 0.4) is 0 Å². The van der Waals surface area contributed by atoms with Crippen molar-refractivity contribution in [2.24, 2.45) is 0 Å². The van der Waals surface area contributed by atoms with E-state index in [1.54, 1.807) is 24.3 Å². The van der Waals surface area contributed by atoms with Crippen LogP contribution in [0.4, 0.5) is 15.8 Å². The Morgan fingerprint density at radius 3 is 2.45 bits per heavy atom. The highest BCUT2D eigenvalue weighted by Gasteiger charge is 2.37. The lowest BCUT2D eigenvalue weighted by Crippen LogP contribution is -2.40. The molecular formula is C19H19ClFN3O4S. The number of carbonyl (C=O) groups is 2. The number of nitrogens with one attached hydrogen (secondary N) is 1. The summed E-state index contributed by atoms with van der Waals surface area (Å²) in [5.74, 6) is -1.12. The molecular weight excluding hydrogens is 421 g/mol. The molecule has 0 fully saturated rings. The van der Waals surface area contributed by atoms with E-state index in [1.807, 2.05) is 0 Å². The van der Waals surface area contributed by atoms with Gasteiger partial charge in [0.2, 0.25) is 5.91 Å². The topological polar surface area (TPSA) is 86.8 Å². The molecule has 2 aromatic rings. The summed E-state index contributed by atoms with van der Waals surface area (Å²) in [5, 5.41) is 3.11. The number of fused-ring (bicyclic) bond motifs is 1. The van der Waals surface area contributed by atoms with Gasteiger partial charge in [-0.15, -0.1) is 0 Å². The minimum absolute atomic E-state index is 0.0201. The first-order valence-electron chi connectivity index (χ1n) is 8.82. The van der Waals surface area contributed by atoms with Crippen LogP contribution in [0.15, 0.2) is 42.5 Å². The Labute approximate surface area is 173 Å². The lowest BCUT2D eigenvalue weighted by atomic mass is 10.1. The van der Waals surface area contributed by atoms with Crippen molar-refractivity contribution in [2.75, 3.05) is 28.7 Å². The van der Waals surface area contributed by atoms with Crippen LogP contribution in [0.1, 0.15) is 23.2 Å². The number of benzene rings is 2. The highest BCUT2D eigenvalue weighted by molar-refractivity contribution is 7.94. The van der Waals surface area contributed by atoms with Gasteiger partial charge in [-0.1, -0.05) is 11.6 Å². The molecule has 0 spiro atoms. The van der Waals surface area contributed by atoms with Crippen molar-refractivity contribution in [3.63, 3.8) is 0 Å². The molecule has 154 valence electrons. The molecule has 0 atom stereocenters. The zero-order chi connectivity index (χ0) is 21.2. The van der Waals surface area contributed by atoms with Gasteiger partial charge in [-0.25, -0.2) is 8.70 Å². The van der Waals surface area contributed by atoms with Gasteiger partial charge >= 0.3 is 10.2 Å². The lowest BCUT2D eigenvalue weighted by Gasteiger charge is -2.19. The van der Waals surface area contributed by atoms with Crippen LogP contribution >= 0.6 is 11.6 Å². The molecule has 1 aliphatic rings. The molecule has 0 radical (unpaired) electrons. The minimum atomic E-state index is -3.82. The average Bonchev–Trinajstić information content (AvgIpc) is 2.86. The van der Waals surface area contributed by atoms with Crippen LogP contribution in [0.2, 0.25) is 5.02 Å². The first-order chi connectivity index (χ1) is 13.7. The molecule has 2 aromatic carbocycles. The smallest absolute Gasteiger partial charge is 0.326 e. The summed E-state index contributed by atoms with van der Waals surface area (Å²) in [5.41, 5.74) is 1.05. The van der Waals surface area contributed by atoms with Gasteiger partial charge in [0.1, 0.15) is 5.82 Å². The van der Waals surface area contributed by atoms with E-state index in [0.717, 1.165) is 14.7 Å². The number of anilines is 2. The maximum absolute atomic E-state index is 13.6.